The van der Waals surface area contributed by atoms with E-state index in [2.05, 4.69) is 0 Å². The van der Waals surface area contributed by atoms with E-state index in [1.165, 1.54) is 12.8 Å². The van der Waals surface area contributed by atoms with Crippen molar-refractivity contribution in [3.8, 4) is 11.5 Å². The zero-order valence-electron chi connectivity index (χ0n) is 11.5. The van der Waals surface area contributed by atoms with E-state index in [1.54, 1.807) is 7.11 Å². The molecule has 1 aliphatic rings. The molecule has 0 amide bonds. The van der Waals surface area contributed by atoms with Gasteiger partial charge in [0.25, 0.3) is 0 Å². The zero-order chi connectivity index (χ0) is 13.2. The third-order valence-electron chi connectivity index (χ3n) is 3.56. The molecule has 100 valence electrons. The Morgan fingerprint density at radius 3 is 2.33 bits per heavy atom. The fourth-order valence-corrected chi connectivity index (χ4v) is 2.78. The van der Waals surface area contributed by atoms with E-state index in [0.29, 0.717) is 0 Å². The second-order valence-corrected chi connectivity index (χ2v) is 5.36. The molecule has 0 radical (unpaired) electrons. The highest BCUT2D eigenvalue weighted by molar-refractivity contribution is 5.50. The van der Waals surface area contributed by atoms with Crippen LogP contribution in [0.4, 0.5) is 0 Å². The van der Waals surface area contributed by atoms with Crippen molar-refractivity contribution in [2.75, 3.05) is 7.11 Å². The second-order valence-electron chi connectivity index (χ2n) is 5.36. The Morgan fingerprint density at radius 2 is 1.78 bits per heavy atom. The minimum Gasteiger partial charge on any atom is -0.496 e. The summed E-state index contributed by atoms with van der Waals surface area (Å²) in [5, 5.41) is 0. The first-order valence-electron chi connectivity index (χ1n) is 6.70. The van der Waals surface area contributed by atoms with E-state index in [4.69, 9.17) is 15.2 Å². The van der Waals surface area contributed by atoms with Crippen LogP contribution in [0.15, 0.2) is 18.2 Å². The van der Waals surface area contributed by atoms with Crippen molar-refractivity contribution in [2.45, 2.75) is 51.2 Å². The number of benzene rings is 1. The van der Waals surface area contributed by atoms with Gasteiger partial charge in [0, 0.05) is 5.54 Å². The summed E-state index contributed by atoms with van der Waals surface area (Å²) in [6.45, 7) is 4.06. The van der Waals surface area contributed by atoms with Crippen LogP contribution in [0.5, 0.6) is 11.5 Å². The number of ether oxygens (including phenoxy) is 2. The fraction of sp³-hybridized carbons (Fsp3) is 0.600. The number of hydrogen-bond acceptors (Lipinski definition) is 3. The number of rotatable bonds is 4. The van der Waals surface area contributed by atoms with E-state index < -0.39 is 0 Å². The molecule has 2 N–H and O–H groups in total. The van der Waals surface area contributed by atoms with Crippen LogP contribution < -0.4 is 15.2 Å². The first kappa shape index (κ1) is 13.2. The molecule has 1 aromatic carbocycles. The molecule has 0 heterocycles. The van der Waals surface area contributed by atoms with Crippen LogP contribution >= 0.6 is 0 Å². The van der Waals surface area contributed by atoms with E-state index in [1.807, 2.05) is 32.0 Å². The van der Waals surface area contributed by atoms with E-state index >= 15 is 0 Å². The molecule has 18 heavy (non-hydrogen) atoms. The predicted octanol–water partition coefficient (Wildman–Crippen LogP) is 3.21. The average molecular weight is 249 g/mol. The van der Waals surface area contributed by atoms with Crippen LogP contribution in [-0.2, 0) is 5.54 Å². The predicted molar refractivity (Wildman–Crippen MR) is 73.1 cm³/mol. The summed E-state index contributed by atoms with van der Waals surface area (Å²) in [6.07, 6.45) is 4.50. The van der Waals surface area contributed by atoms with Crippen molar-refractivity contribution in [1.82, 2.24) is 0 Å². The van der Waals surface area contributed by atoms with Crippen molar-refractivity contribution < 1.29 is 9.47 Å². The van der Waals surface area contributed by atoms with Gasteiger partial charge in [-0.25, -0.2) is 0 Å². The average Bonchev–Trinajstić information content (AvgIpc) is 2.75. The Hall–Kier alpha value is -1.22. The molecule has 0 aliphatic heterocycles. The Labute approximate surface area is 109 Å². The summed E-state index contributed by atoms with van der Waals surface area (Å²) in [4.78, 5) is 0. The minimum atomic E-state index is -0.295. The molecular formula is C15H23NO2. The standard InChI is InChI=1S/C15H23NO2/c1-11(2)18-13-8-6-7-12(17-3)14(13)15(16)9-4-5-10-15/h6-8,11H,4-5,9-10,16H2,1-3H3. The molecule has 0 bridgehead atoms. The highest BCUT2D eigenvalue weighted by atomic mass is 16.5. The largest absolute Gasteiger partial charge is 0.496 e. The van der Waals surface area contributed by atoms with Gasteiger partial charge < -0.3 is 15.2 Å². The van der Waals surface area contributed by atoms with Gasteiger partial charge in [-0.15, -0.1) is 0 Å². The third-order valence-corrected chi connectivity index (χ3v) is 3.56. The third kappa shape index (κ3) is 2.46. The molecule has 1 aromatic rings. The summed E-state index contributed by atoms with van der Waals surface area (Å²) < 4.78 is 11.4. The Balaban J connectivity index is 2.46. The molecule has 3 heteroatoms. The molecule has 1 aliphatic carbocycles. The van der Waals surface area contributed by atoms with Gasteiger partial charge in [0.15, 0.2) is 0 Å². The molecule has 1 fully saturated rings. The highest BCUT2D eigenvalue weighted by Crippen LogP contribution is 2.45. The second kappa shape index (κ2) is 5.19. The normalized spacial score (nSPS) is 18.1. The van der Waals surface area contributed by atoms with Gasteiger partial charge in [0.1, 0.15) is 11.5 Å². The van der Waals surface area contributed by atoms with Crippen LogP contribution in [0.2, 0.25) is 0 Å². The van der Waals surface area contributed by atoms with E-state index in [0.717, 1.165) is 29.9 Å². The molecule has 2 rings (SSSR count). The minimum absolute atomic E-state index is 0.140. The molecule has 0 atom stereocenters. The van der Waals surface area contributed by atoms with Gasteiger partial charge in [0.05, 0.1) is 18.8 Å². The number of hydrogen-bond donors (Lipinski definition) is 1. The van der Waals surface area contributed by atoms with Crippen LogP contribution in [-0.4, -0.2) is 13.2 Å². The summed E-state index contributed by atoms with van der Waals surface area (Å²) in [5.74, 6) is 1.71. The molecule has 0 unspecified atom stereocenters. The Bertz CT molecular complexity index is 409. The smallest absolute Gasteiger partial charge is 0.128 e. The van der Waals surface area contributed by atoms with Crippen molar-refractivity contribution in [1.29, 1.82) is 0 Å². The topological polar surface area (TPSA) is 44.5 Å². The molecule has 0 aromatic heterocycles. The summed E-state index contributed by atoms with van der Waals surface area (Å²) >= 11 is 0. The molecule has 0 spiro atoms. The fourth-order valence-electron chi connectivity index (χ4n) is 2.78. The van der Waals surface area contributed by atoms with Crippen molar-refractivity contribution >= 4 is 0 Å². The van der Waals surface area contributed by atoms with Crippen LogP contribution in [0, 0.1) is 0 Å². The molecule has 3 nitrogen and oxygen atoms in total. The van der Waals surface area contributed by atoms with Crippen LogP contribution in [0.25, 0.3) is 0 Å². The van der Waals surface area contributed by atoms with Gasteiger partial charge >= 0.3 is 0 Å². The van der Waals surface area contributed by atoms with Crippen molar-refractivity contribution in [3.05, 3.63) is 23.8 Å². The molecule has 0 saturated heterocycles. The van der Waals surface area contributed by atoms with Crippen molar-refractivity contribution in [3.63, 3.8) is 0 Å². The lowest BCUT2D eigenvalue weighted by Gasteiger charge is -2.29. The summed E-state index contributed by atoms with van der Waals surface area (Å²) in [6, 6.07) is 5.92. The monoisotopic (exact) mass is 249 g/mol. The van der Waals surface area contributed by atoms with Crippen molar-refractivity contribution in [2.24, 2.45) is 5.73 Å². The summed E-state index contributed by atoms with van der Waals surface area (Å²) in [5.41, 5.74) is 7.32. The van der Waals surface area contributed by atoms with Gasteiger partial charge in [-0.05, 0) is 38.8 Å². The van der Waals surface area contributed by atoms with Gasteiger partial charge in [0.2, 0.25) is 0 Å². The first-order chi connectivity index (χ1) is 8.57. The summed E-state index contributed by atoms with van der Waals surface area (Å²) in [7, 11) is 1.69. The van der Waals surface area contributed by atoms with Gasteiger partial charge in [-0.2, -0.15) is 0 Å². The zero-order valence-corrected chi connectivity index (χ0v) is 11.5. The molecule has 1 saturated carbocycles. The van der Waals surface area contributed by atoms with Crippen LogP contribution in [0.3, 0.4) is 0 Å². The number of nitrogens with two attached hydrogens (primary N) is 1. The maximum absolute atomic E-state index is 6.57. The maximum Gasteiger partial charge on any atom is 0.128 e. The lowest BCUT2D eigenvalue weighted by atomic mass is 9.87. The lowest BCUT2D eigenvalue weighted by molar-refractivity contribution is 0.231. The first-order valence-corrected chi connectivity index (χ1v) is 6.70. The number of methoxy groups -OCH3 is 1. The Kier molecular flexibility index (Phi) is 3.81. The van der Waals surface area contributed by atoms with E-state index in [9.17, 15) is 0 Å². The maximum atomic E-state index is 6.57. The lowest BCUT2D eigenvalue weighted by Crippen LogP contribution is -2.34. The van der Waals surface area contributed by atoms with Crippen LogP contribution in [0.1, 0.15) is 45.1 Å². The quantitative estimate of drug-likeness (QED) is 0.891. The van der Waals surface area contributed by atoms with Gasteiger partial charge in [-0.3, -0.25) is 0 Å². The Morgan fingerprint density at radius 1 is 1.17 bits per heavy atom. The van der Waals surface area contributed by atoms with Gasteiger partial charge in [-0.1, -0.05) is 18.9 Å². The van der Waals surface area contributed by atoms with E-state index in [-0.39, 0.29) is 11.6 Å². The highest BCUT2D eigenvalue weighted by Gasteiger charge is 2.36. The SMILES string of the molecule is COc1cccc(OC(C)C)c1C1(N)CCCC1. The molecular weight excluding hydrogens is 226 g/mol.